The van der Waals surface area contributed by atoms with Gasteiger partial charge in [0, 0.05) is 6.04 Å². The van der Waals surface area contributed by atoms with Gasteiger partial charge in [0.1, 0.15) is 0 Å². The van der Waals surface area contributed by atoms with Crippen LogP contribution in [0.15, 0.2) is 30.3 Å². The van der Waals surface area contributed by atoms with E-state index in [0.717, 1.165) is 6.42 Å². The van der Waals surface area contributed by atoms with Crippen molar-refractivity contribution < 1.29 is 4.74 Å². The minimum Gasteiger partial charge on any atom is -0.461 e. The third-order valence-corrected chi connectivity index (χ3v) is 2.73. The molecule has 0 saturated heterocycles. The predicted molar refractivity (Wildman–Crippen MR) is 83.2 cm³/mol. The molecule has 0 amide bonds. The molecule has 0 aliphatic carbocycles. The number of nitrogens with one attached hydrogen (secondary N) is 1. The van der Waals surface area contributed by atoms with Crippen molar-refractivity contribution in [1.82, 2.24) is 15.0 Å². The molecule has 6 nitrogen and oxygen atoms in total. The van der Waals surface area contributed by atoms with E-state index in [1.807, 2.05) is 32.0 Å². The Bertz CT molecular complexity index is 574. The van der Waals surface area contributed by atoms with Crippen molar-refractivity contribution in [3.8, 4) is 6.01 Å². The number of hydrogen-bond acceptors (Lipinski definition) is 6. The van der Waals surface area contributed by atoms with Gasteiger partial charge in [-0.25, -0.2) is 0 Å². The number of aromatic nitrogens is 3. The number of benzene rings is 1. The van der Waals surface area contributed by atoms with Crippen molar-refractivity contribution in [3.05, 3.63) is 35.9 Å². The van der Waals surface area contributed by atoms with Crippen LogP contribution in [-0.4, -0.2) is 27.1 Å². The first-order valence-electron chi connectivity index (χ1n) is 7.01. The number of nitrogen functional groups attached to an aromatic ring is 1. The molecule has 0 radical (unpaired) electrons. The third-order valence-electron chi connectivity index (χ3n) is 2.73. The molecule has 0 saturated carbocycles. The van der Waals surface area contributed by atoms with E-state index in [-0.39, 0.29) is 24.1 Å². The van der Waals surface area contributed by atoms with Gasteiger partial charge in [-0.2, -0.15) is 15.0 Å². The van der Waals surface area contributed by atoms with Crippen LogP contribution in [0.25, 0.3) is 0 Å². The number of nitrogens with zero attached hydrogens (tertiary/aromatic N) is 3. The van der Waals surface area contributed by atoms with E-state index in [4.69, 9.17) is 10.5 Å². The van der Waals surface area contributed by atoms with Gasteiger partial charge in [0.15, 0.2) is 0 Å². The van der Waals surface area contributed by atoms with E-state index >= 15 is 0 Å². The van der Waals surface area contributed by atoms with Crippen molar-refractivity contribution in [1.29, 1.82) is 0 Å². The van der Waals surface area contributed by atoms with E-state index in [9.17, 15) is 0 Å². The van der Waals surface area contributed by atoms with Crippen LogP contribution >= 0.6 is 0 Å². The van der Waals surface area contributed by atoms with Crippen LogP contribution in [0.1, 0.15) is 26.3 Å². The SMILES string of the molecule is CC(Cc1ccccc1)Nc1nc(N)nc(OC(C)C)n1. The first-order chi connectivity index (χ1) is 10.0. The van der Waals surface area contributed by atoms with Crippen LogP contribution in [0.4, 0.5) is 11.9 Å². The number of hydrogen-bond donors (Lipinski definition) is 2. The highest BCUT2D eigenvalue weighted by Gasteiger charge is 2.10. The molecule has 112 valence electrons. The van der Waals surface area contributed by atoms with Gasteiger partial charge in [-0.3, -0.25) is 0 Å². The molecule has 1 aromatic heterocycles. The Morgan fingerprint density at radius 1 is 1.10 bits per heavy atom. The summed E-state index contributed by atoms with van der Waals surface area (Å²) in [5.74, 6) is 0.580. The number of nitrogens with two attached hydrogens (primary N) is 1. The van der Waals surface area contributed by atoms with Crippen molar-refractivity contribution in [2.24, 2.45) is 0 Å². The Balaban J connectivity index is 2.03. The topological polar surface area (TPSA) is 86.0 Å². The minimum absolute atomic E-state index is 0.0126. The molecule has 1 heterocycles. The fourth-order valence-corrected chi connectivity index (χ4v) is 1.94. The summed E-state index contributed by atoms with van der Waals surface area (Å²) in [6.07, 6.45) is 0.855. The maximum absolute atomic E-state index is 5.68. The Morgan fingerprint density at radius 2 is 1.81 bits per heavy atom. The molecule has 0 spiro atoms. The number of rotatable bonds is 6. The number of anilines is 2. The summed E-state index contributed by atoms with van der Waals surface area (Å²) in [5, 5.41) is 3.22. The zero-order chi connectivity index (χ0) is 15.2. The first-order valence-corrected chi connectivity index (χ1v) is 7.01. The second-order valence-electron chi connectivity index (χ2n) is 5.20. The average molecular weight is 287 g/mol. The van der Waals surface area contributed by atoms with Gasteiger partial charge in [-0.05, 0) is 32.8 Å². The molecule has 1 atom stereocenters. The van der Waals surface area contributed by atoms with E-state index in [2.05, 4.69) is 39.3 Å². The van der Waals surface area contributed by atoms with Crippen molar-refractivity contribution in [2.75, 3.05) is 11.1 Å². The van der Waals surface area contributed by atoms with Crippen LogP contribution in [0.5, 0.6) is 6.01 Å². The molecule has 1 unspecified atom stereocenters. The van der Waals surface area contributed by atoms with E-state index in [0.29, 0.717) is 5.95 Å². The minimum atomic E-state index is -0.0126. The van der Waals surface area contributed by atoms with Crippen molar-refractivity contribution in [3.63, 3.8) is 0 Å². The molecule has 3 N–H and O–H groups in total. The fourth-order valence-electron chi connectivity index (χ4n) is 1.94. The van der Waals surface area contributed by atoms with Crippen LogP contribution in [0.3, 0.4) is 0 Å². The summed E-state index contributed by atoms with van der Waals surface area (Å²) in [6, 6.07) is 10.6. The lowest BCUT2D eigenvalue weighted by Gasteiger charge is -2.15. The van der Waals surface area contributed by atoms with Crippen LogP contribution in [-0.2, 0) is 6.42 Å². The van der Waals surface area contributed by atoms with Crippen LogP contribution in [0.2, 0.25) is 0 Å². The molecule has 2 aromatic rings. The molecule has 6 heteroatoms. The standard InChI is InChI=1S/C15H21N5O/c1-10(2)21-15-19-13(16)18-14(20-15)17-11(3)9-12-7-5-4-6-8-12/h4-8,10-11H,9H2,1-3H3,(H3,16,17,18,19,20). The van der Waals surface area contributed by atoms with E-state index in [1.165, 1.54) is 5.56 Å². The summed E-state index contributed by atoms with van der Waals surface area (Å²) in [7, 11) is 0. The molecule has 21 heavy (non-hydrogen) atoms. The summed E-state index contributed by atoms with van der Waals surface area (Å²) < 4.78 is 5.45. The van der Waals surface area contributed by atoms with Crippen LogP contribution in [0, 0.1) is 0 Å². The zero-order valence-corrected chi connectivity index (χ0v) is 12.6. The highest BCUT2D eigenvalue weighted by Crippen LogP contribution is 2.12. The summed E-state index contributed by atoms with van der Waals surface area (Å²) in [5.41, 5.74) is 6.93. The zero-order valence-electron chi connectivity index (χ0n) is 12.6. The summed E-state index contributed by atoms with van der Waals surface area (Å²) >= 11 is 0. The molecular weight excluding hydrogens is 266 g/mol. The van der Waals surface area contributed by atoms with Gasteiger partial charge in [0.2, 0.25) is 11.9 Å². The van der Waals surface area contributed by atoms with Gasteiger partial charge < -0.3 is 15.8 Å². The first kappa shape index (κ1) is 15.0. The third kappa shape index (κ3) is 4.91. The molecule has 0 bridgehead atoms. The van der Waals surface area contributed by atoms with Crippen molar-refractivity contribution >= 4 is 11.9 Å². The Kier molecular flexibility index (Phi) is 4.92. The Morgan fingerprint density at radius 3 is 2.48 bits per heavy atom. The highest BCUT2D eigenvalue weighted by atomic mass is 16.5. The quantitative estimate of drug-likeness (QED) is 0.847. The lowest BCUT2D eigenvalue weighted by atomic mass is 10.1. The normalized spacial score (nSPS) is 12.2. The maximum Gasteiger partial charge on any atom is 0.323 e. The summed E-state index contributed by atoms with van der Waals surface area (Å²) in [4.78, 5) is 12.3. The summed E-state index contributed by atoms with van der Waals surface area (Å²) in [6.45, 7) is 5.88. The van der Waals surface area contributed by atoms with Crippen molar-refractivity contribution in [2.45, 2.75) is 39.3 Å². The van der Waals surface area contributed by atoms with Crippen LogP contribution < -0.4 is 15.8 Å². The van der Waals surface area contributed by atoms with Gasteiger partial charge in [0.05, 0.1) is 6.10 Å². The van der Waals surface area contributed by atoms with E-state index < -0.39 is 0 Å². The molecule has 0 fully saturated rings. The van der Waals surface area contributed by atoms with E-state index in [1.54, 1.807) is 0 Å². The fraction of sp³-hybridized carbons (Fsp3) is 0.400. The molecular formula is C15H21N5O. The molecule has 0 aliphatic rings. The van der Waals surface area contributed by atoms with Gasteiger partial charge in [0.25, 0.3) is 0 Å². The molecule has 1 aromatic carbocycles. The Hall–Kier alpha value is -2.37. The highest BCUT2D eigenvalue weighted by molar-refractivity contribution is 5.34. The molecule has 2 rings (SSSR count). The molecule has 0 aliphatic heterocycles. The maximum atomic E-state index is 5.68. The lowest BCUT2D eigenvalue weighted by Crippen LogP contribution is -2.21. The largest absolute Gasteiger partial charge is 0.461 e. The van der Waals surface area contributed by atoms with Gasteiger partial charge >= 0.3 is 6.01 Å². The number of ether oxygens (including phenoxy) is 1. The lowest BCUT2D eigenvalue weighted by molar-refractivity contribution is 0.222. The van der Waals surface area contributed by atoms with Gasteiger partial charge in [-0.15, -0.1) is 0 Å². The average Bonchev–Trinajstić information content (AvgIpc) is 2.37. The van der Waals surface area contributed by atoms with Gasteiger partial charge in [-0.1, -0.05) is 30.3 Å². The monoisotopic (exact) mass is 287 g/mol. The second-order valence-corrected chi connectivity index (χ2v) is 5.20. The predicted octanol–water partition coefficient (Wildman–Crippen LogP) is 2.28. The second kappa shape index (κ2) is 6.88. The Labute approximate surface area is 124 Å². The smallest absolute Gasteiger partial charge is 0.323 e.